The number of aliphatic hydroxyl groups excluding tert-OH is 1. The van der Waals surface area contributed by atoms with E-state index in [1.54, 1.807) is 0 Å². The Morgan fingerprint density at radius 2 is 1.09 bits per heavy atom. The topological polar surface area (TPSA) is 38.7 Å². The molecule has 0 aliphatic rings. The third kappa shape index (κ3) is 10.7. The largest absolute Gasteiger partial charge is 0.494 e. The van der Waals surface area contributed by atoms with Crippen molar-refractivity contribution in [2.24, 2.45) is 17.8 Å². The average Bonchev–Trinajstić information content (AvgIpc) is 3.04. The van der Waals surface area contributed by atoms with Crippen LogP contribution in [0.15, 0.2) is 48.6 Å². The van der Waals surface area contributed by atoms with Crippen LogP contribution in [0, 0.1) is 17.8 Å². The SMILES string of the molecule is C[C@H](CO)C/C=C/[C@H](C)C/C=C/[C@@H](C)[C@@H](C)OCc1ccc(OCCCC(F)(F)C(F)(F)C(F)(F)C(F)(F)C(F)(F)C(F)(F)C(F)(F)C(F)(F)F)cc1. The Kier molecular flexibility index (Phi) is 16.2. The molecule has 308 valence electrons. The van der Waals surface area contributed by atoms with Crippen molar-refractivity contribution >= 4 is 0 Å². The van der Waals surface area contributed by atoms with Crippen molar-refractivity contribution < 1.29 is 89.2 Å². The number of ether oxygens (including phenoxy) is 2. The summed E-state index contributed by atoms with van der Waals surface area (Å²) in [6.07, 6.45) is -2.42. The molecule has 0 radical (unpaired) electrons. The van der Waals surface area contributed by atoms with E-state index in [1.165, 1.54) is 24.3 Å². The quantitative estimate of drug-likeness (QED) is 0.0721. The monoisotopic (exact) mass is 806 g/mol. The van der Waals surface area contributed by atoms with E-state index in [9.17, 15) is 74.6 Å². The second kappa shape index (κ2) is 17.8. The first kappa shape index (κ1) is 48.2. The van der Waals surface area contributed by atoms with Gasteiger partial charge in [-0.05, 0) is 61.6 Å². The fourth-order valence-corrected chi connectivity index (χ4v) is 4.26. The second-order valence-electron chi connectivity index (χ2n) is 12.7. The second-order valence-corrected chi connectivity index (χ2v) is 12.7. The summed E-state index contributed by atoms with van der Waals surface area (Å²) < 4.78 is 239. The molecule has 0 aliphatic heterocycles. The van der Waals surface area contributed by atoms with Gasteiger partial charge in [0, 0.05) is 13.0 Å². The van der Waals surface area contributed by atoms with Gasteiger partial charge in [0.2, 0.25) is 0 Å². The van der Waals surface area contributed by atoms with Crippen LogP contribution in [0.3, 0.4) is 0 Å². The van der Waals surface area contributed by atoms with Gasteiger partial charge in [-0.3, -0.25) is 0 Å². The van der Waals surface area contributed by atoms with Gasteiger partial charge in [-0.1, -0.05) is 57.2 Å². The van der Waals surface area contributed by atoms with Crippen molar-refractivity contribution in [2.75, 3.05) is 13.2 Å². The Morgan fingerprint density at radius 1 is 0.623 bits per heavy atom. The summed E-state index contributed by atoms with van der Waals surface area (Å²) in [5.41, 5.74) is 0.570. The Labute approximate surface area is 294 Å². The van der Waals surface area contributed by atoms with E-state index in [2.05, 4.69) is 6.08 Å². The Balaban J connectivity index is 2.79. The van der Waals surface area contributed by atoms with Crippen molar-refractivity contribution in [3.05, 3.63) is 54.1 Å². The lowest BCUT2D eigenvalue weighted by molar-refractivity contribution is -0.461. The van der Waals surface area contributed by atoms with E-state index in [-0.39, 0.29) is 42.8 Å². The summed E-state index contributed by atoms with van der Waals surface area (Å²) >= 11 is 0. The van der Waals surface area contributed by atoms with Gasteiger partial charge in [-0.15, -0.1) is 0 Å². The molecule has 0 saturated heterocycles. The van der Waals surface area contributed by atoms with Crippen LogP contribution in [0.1, 0.15) is 58.9 Å². The molecule has 1 N–H and O–H groups in total. The zero-order valence-corrected chi connectivity index (χ0v) is 28.6. The standard InChI is InChI=1S/C33H39F17O3/c1-20(8-5-10-21(2)18-51)9-6-11-22(3)23(4)53-19-24-12-14-25(15-13-24)52-17-7-16-26(34,35)27(36,37)28(38,39)29(40,41)30(42,43)31(44,45)32(46,47)33(48,49)50/h5-6,8,11-15,20-23,51H,7,9-10,16-19H2,1-4H3/b8-5+,11-6+/t20-,21-,22+,23+/m0/s1. The molecule has 4 atom stereocenters. The molecule has 0 bridgehead atoms. The number of halogens is 17. The smallest absolute Gasteiger partial charge is 0.460 e. The summed E-state index contributed by atoms with van der Waals surface area (Å²) in [4.78, 5) is 0. The lowest BCUT2D eigenvalue weighted by Crippen LogP contribution is -2.74. The summed E-state index contributed by atoms with van der Waals surface area (Å²) in [6.45, 7) is 6.86. The van der Waals surface area contributed by atoms with E-state index in [0.717, 1.165) is 12.8 Å². The molecule has 53 heavy (non-hydrogen) atoms. The van der Waals surface area contributed by atoms with E-state index in [4.69, 9.17) is 14.6 Å². The number of hydrogen-bond acceptors (Lipinski definition) is 3. The van der Waals surface area contributed by atoms with Gasteiger partial charge in [0.15, 0.2) is 0 Å². The minimum Gasteiger partial charge on any atom is -0.494 e. The lowest BCUT2D eigenvalue weighted by atomic mass is 9.88. The number of alkyl halides is 17. The van der Waals surface area contributed by atoms with E-state index in [1.807, 2.05) is 45.9 Å². The van der Waals surface area contributed by atoms with Crippen molar-refractivity contribution in [1.82, 2.24) is 0 Å². The third-order valence-corrected chi connectivity index (χ3v) is 8.13. The Morgan fingerprint density at radius 3 is 1.58 bits per heavy atom. The van der Waals surface area contributed by atoms with Crippen molar-refractivity contribution in [3.63, 3.8) is 0 Å². The number of benzene rings is 1. The summed E-state index contributed by atoms with van der Waals surface area (Å²) in [7, 11) is 0. The van der Waals surface area contributed by atoms with Gasteiger partial charge < -0.3 is 14.6 Å². The zero-order valence-electron chi connectivity index (χ0n) is 28.6. The third-order valence-electron chi connectivity index (χ3n) is 8.13. The Bertz CT molecular complexity index is 1320. The first-order valence-electron chi connectivity index (χ1n) is 15.8. The first-order chi connectivity index (χ1) is 23.9. The molecule has 0 amide bonds. The predicted octanol–water partition coefficient (Wildman–Crippen LogP) is 11.6. The van der Waals surface area contributed by atoms with Gasteiger partial charge in [0.05, 0.1) is 19.3 Å². The van der Waals surface area contributed by atoms with Gasteiger partial charge in [0.25, 0.3) is 0 Å². The fraction of sp³-hybridized carbons (Fsp3) is 0.697. The highest BCUT2D eigenvalue weighted by atomic mass is 19.4. The molecule has 3 nitrogen and oxygen atoms in total. The zero-order chi connectivity index (χ0) is 41.5. The molecule has 0 unspecified atom stereocenters. The van der Waals surface area contributed by atoms with Crippen LogP contribution in [0.5, 0.6) is 5.75 Å². The number of allylic oxidation sites excluding steroid dienone is 3. The molecule has 0 saturated carbocycles. The minimum absolute atomic E-state index is 0.00329. The predicted molar refractivity (Wildman–Crippen MR) is 158 cm³/mol. The van der Waals surface area contributed by atoms with Crippen LogP contribution in [0.4, 0.5) is 74.6 Å². The molecule has 20 heteroatoms. The van der Waals surface area contributed by atoms with Gasteiger partial charge >= 0.3 is 47.6 Å². The fourth-order valence-electron chi connectivity index (χ4n) is 4.26. The van der Waals surface area contributed by atoms with E-state index >= 15 is 0 Å². The molecule has 0 fully saturated rings. The summed E-state index contributed by atoms with van der Waals surface area (Å²) in [6, 6.07) is 5.34. The van der Waals surface area contributed by atoms with Gasteiger partial charge in [-0.2, -0.15) is 74.6 Å². The highest BCUT2D eigenvalue weighted by Crippen LogP contribution is 2.64. The highest BCUT2D eigenvalue weighted by molar-refractivity contribution is 5.27. The lowest BCUT2D eigenvalue weighted by Gasteiger charge is -2.42. The van der Waals surface area contributed by atoms with Gasteiger partial charge in [-0.25, -0.2) is 0 Å². The maximum Gasteiger partial charge on any atom is 0.460 e. The van der Waals surface area contributed by atoms with Crippen LogP contribution < -0.4 is 4.74 Å². The van der Waals surface area contributed by atoms with Gasteiger partial charge in [0.1, 0.15) is 5.75 Å². The molecular weight excluding hydrogens is 767 g/mol. The normalized spacial score (nSPS) is 17.0. The van der Waals surface area contributed by atoms with Crippen LogP contribution in [0.25, 0.3) is 0 Å². The highest BCUT2D eigenvalue weighted by Gasteiger charge is 2.95. The molecule has 0 heterocycles. The summed E-state index contributed by atoms with van der Waals surface area (Å²) in [5, 5.41) is 9.06. The van der Waals surface area contributed by atoms with Crippen LogP contribution in [-0.2, 0) is 11.3 Å². The van der Waals surface area contributed by atoms with Crippen LogP contribution in [-0.4, -0.2) is 72.1 Å². The molecule has 1 aromatic carbocycles. The van der Waals surface area contributed by atoms with E-state index in [0.29, 0.717) is 5.56 Å². The molecule has 1 rings (SSSR count). The number of rotatable bonds is 22. The van der Waals surface area contributed by atoms with E-state index < -0.39 is 67.1 Å². The number of hydrogen-bond donors (Lipinski definition) is 1. The maximum absolute atomic E-state index is 14.1. The van der Waals surface area contributed by atoms with Crippen molar-refractivity contribution in [3.8, 4) is 5.75 Å². The van der Waals surface area contributed by atoms with Crippen molar-refractivity contribution in [2.45, 2.75) is 114 Å². The first-order valence-corrected chi connectivity index (χ1v) is 15.8. The molecule has 0 aliphatic carbocycles. The Hall–Kier alpha value is -2.77. The maximum atomic E-state index is 14.1. The molecule has 1 aromatic rings. The number of aliphatic hydroxyl groups is 1. The van der Waals surface area contributed by atoms with Crippen LogP contribution >= 0.6 is 0 Å². The average molecular weight is 807 g/mol. The molecule has 0 aromatic heterocycles. The van der Waals surface area contributed by atoms with Crippen molar-refractivity contribution in [1.29, 1.82) is 0 Å². The van der Waals surface area contributed by atoms with Crippen LogP contribution in [0.2, 0.25) is 0 Å². The molecule has 0 spiro atoms. The minimum atomic E-state index is -8.65. The molecular formula is C33H39F17O3. The summed E-state index contributed by atoms with van der Waals surface area (Å²) in [5.74, 6) is -56.1.